The quantitative estimate of drug-likeness (QED) is 0.788. The van der Waals surface area contributed by atoms with Crippen molar-refractivity contribution in [3.05, 3.63) is 35.4 Å². The molecule has 0 bridgehead atoms. The predicted molar refractivity (Wildman–Crippen MR) is 62.5 cm³/mol. The Morgan fingerprint density at radius 3 is 2.18 bits per heavy atom. The largest absolute Gasteiger partial charge is 0.326 e. The van der Waals surface area contributed by atoms with Gasteiger partial charge in [-0.15, -0.1) is 0 Å². The van der Waals surface area contributed by atoms with Crippen molar-refractivity contribution in [2.24, 2.45) is 11.7 Å². The highest BCUT2D eigenvalue weighted by Gasteiger charge is 2.38. The Balaban J connectivity index is 1.84. The van der Waals surface area contributed by atoms with Crippen LogP contribution in [-0.2, 0) is 0 Å². The third-order valence-electron chi connectivity index (χ3n) is 3.50. The lowest BCUT2D eigenvalue weighted by Crippen LogP contribution is -2.41. The molecule has 1 fully saturated rings. The molecule has 1 aromatic carbocycles. The summed E-state index contributed by atoms with van der Waals surface area (Å²) in [5.41, 5.74) is 6.97. The Bertz CT molecular complexity index is 459. The summed E-state index contributed by atoms with van der Waals surface area (Å²) in [7, 11) is 0. The Morgan fingerprint density at radius 2 is 1.71 bits per heavy atom. The van der Waals surface area contributed by atoms with Crippen molar-refractivity contribution in [2.75, 3.05) is 6.54 Å². The molecule has 17 heavy (non-hydrogen) atoms. The molecule has 0 saturated heterocycles. The topological polar surface area (TPSA) is 63.4 Å². The van der Waals surface area contributed by atoms with Crippen LogP contribution in [0.5, 0.6) is 0 Å². The molecular weight excluding hydrogens is 216 g/mol. The number of nitrogens with zero attached hydrogens (tertiary/aromatic N) is 1. The number of rotatable bonds is 3. The summed E-state index contributed by atoms with van der Waals surface area (Å²) in [5.74, 6) is 0.0720. The highest BCUT2D eigenvalue weighted by molar-refractivity contribution is 6.21. The molecule has 0 radical (unpaired) electrons. The van der Waals surface area contributed by atoms with Gasteiger partial charge in [-0.05, 0) is 30.9 Å². The van der Waals surface area contributed by atoms with E-state index in [0.717, 1.165) is 12.8 Å². The molecule has 0 aromatic heterocycles. The van der Waals surface area contributed by atoms with E-state index < -0.39 is 0 Å². The molecule has 4 heteroatoms. The zero-order valence-corrected chi connectivity index (χ0v) is 9.43. The number of carbonyl (C=O) groups is 2. The highest BCUT2D eigenvalue weighted by Crippen LogP contribution is 2.33. The van der Waals surface area contributed by atoms with E-state index in [4.69, 9.17) is 5.73 Å². The summed E-state index contributed by atoms with van der Waals surface area (Å²) in [4.78, 5) is 25.4. The fourth-order valence-corrected chi connectivity index (χ4v) is 2.29. The van der Waals surface area contributed by atoms with E-state index in [1.165, 1.54) is 4.90 Å². The van der Waals surface area contributed by atoms with Crippen LogP contribution in [0.2, 0.25) is 0 Å². The van der Waals surface area contributed by atoms with E-state index in [1.807, 2.05) is 0 Å². The number of hydrogen-bond acceptors (Lipinski definition) is 3. The number of fused-ring (bicyclic) bond motifs is 1. The molecule has 0 spiro atoms. The van der Waals surface area contributed by atoms with Crippen molar-refractivity contribution < 1.29 is 9.59 Å². The standard InChI is InChI=1S/C13H14N2O2/c14-11(8-5-6-8)7-15-12(16)9-3-1-2-4-10(9)13(15)17/h1-4,8,11H,5-7,14H2/t11-/m0/s1. The smallest absolute Gasteiger partial charge is 0.261 e. The molecule has 3 rings (SSSR count). The van der Waals surface area contributed by atoms with Crippen molar-refractivity contribution in [3.63, 3.8) is 0 Å². The van der Waals surface area contributed by atoms with Crippen LogP contribution in [0.1, 0.15) is 33.6 Å². The van der Waals surface area contributed by atoms with Crippen LogP contribution in [-0.4, -0.2) is 29.3 Å². The zero-order chi connectivity index (χ0) is 12.0. The maximum atomic E-state index is 12.0. The van der Waals surface area contributed by atoms with Gasteiger partial charge in [0.1, 0.15) is 0 Å². The molecule has 1 aromatic rings. The van der Waals surface area contributed by atoms with E-state index in [2.05, 4.69) is 0 Å². The lowest BCUT2D eigenvalue weighted by molar-refractivity contribution is 0.0641. The molecule has 1 aliphatic heterocycles. The predicted octanol–water partition coefficient (Wildman–Crippen LogP) is 1.02. The number of carbonyl (C=O) groups excluding carboxylic acids is 2. The number of nitrogens with two attached hydrogens (primary N) is 1. The van der Waals surface area contributed by atoms with Crippen molar-refractivity contribution in [1.29, 1.82) is 0 Å². The summed E-state index contributed by atoms with van der Waals surface area (Å²) in [6.45, 7) is 0.344. The molecule has 4 nitrogen and oxygen atoms in total. The minimum absolute atomic E-state index is 0.0720. The second-order valence-corrected chi connectivity index (χ2v) is 4.77. The van der Waals surface area contributed by atoms with Crippen molar-refractivity contribution in [1.82, 2.24) is 4.90 Å². The molecule has 1 heterocycles. The third-order valence-corrected chi connectivity index (χ3v) is 3.50. The van der Waals surface area contributed by atoms with Crippen LogP contribution in [0.4, 0.5) is 0 Å². The van der Waals surface area contributed by atoms with Gasteiger partial charge in [0.15, 0.2) is 0 Å². The van der Waals surface area contributed by atoms with Gasteiger partial charge in [0.05, 0.1) is 11.1 Å². The van der Waals surface area contributed by atoms with Crippen molar-refractivity contribution in [2.45, 2.75) is 18.9 Å². The third kappa shape index (κ3) is 1.65. The van der Waals surface area contributed by atoms with Gasteiger partial charge in [0.2, 0.25) is 0 Å². The van der Waals surface area contributed by atoms with Gasteiger partial charge in [0, 0.05) is 12.6 Å². The van der Waals surface area contributed by atoms with Gasteiger partial charge in [0.25, 0.3) is 11.8 Å². The van der Waals surface area contributed by atoms with Gasteiger partial charge in [-0.3, -0.25) is 14.5 Å². The number of amides is 2. The van der Waals surface area contributed by atoms with Crippen LogP contribution in [0.3, 0.4) is 0 Å². The average Bonchev–Trinajstić information content (AvgIpc) is 3.15. The SMILES string of the molecule is N[C@@H](CN1C(=O)c2ccccc2C1=O)C1CC1. The van der Waals surface area contributed by atoms with Gasteiger partial charge in [-0.1, -0.05) is 12.1 Å². The first-order chi connectivity index (χ1) is 8.18. The van der Waals surface area contributed by atoms with E-state index in [0.29, 0.717) is 23.6 Å². The van der Waals surface area contributed by atoms with Gasteiger partial charge < -0.3 is 5.73 Å². The summed E-state index contributed by atoms with van der Waals surface area (Å²) >= 11 is 0. The molecule has 2 N–H and O–H groups in total. The Morgan fingerprint density at radius 1 is 1.18 bits per heavy atom. The monoisotopic (exact) mass is 230 g/mol. The van der Waals surface area contributed by atoms with Crippen LogP contribution in [0, 0.1) is 5.92 Å². The maximum Gasteiger partial charge on any atom is 0.261 e. The average molecular weight is 230 g/mol. The highest BCUT2D eigenvalue weighted by atomic mass is 16.2. The van der Waals surface area contributed by atoms with Gasteiger partial charge in [-0.25, -0.2) is 0 Å². The summed E-state index contributed by atoms with van der Waals surface area (Å²) < 4.78 is 0. The summed E-state index contributed by atoms with van der Waals surface area (Å²) in [5, 5.41) is 0. The fourth-order valence-electron chi connectivity index (χ4n) is 2.29. The maximum absolute atomic E-state index is 12.0. The van der Waals surface area contributed by atoms with E-state index >= 15 is 0 Å². The molecule has 1 aliphatic carbocycles. The number of benzene rings is 1. The molecule has 1 saturated carbocycles. The first-order valence-electron chi connectivity index (χ1n) is 5.89. The normalized spacial score (nSPS) is 20.6. The van der Waals surface area contributed by atoms with Gasteiger partial charge in [-0.2, -0.15) is 0 Å². The van der Waals surface area contributed by atoms with Crippen LogP contribution in [0.15, 0.2) is 24.3 Å². The summed E-state index contributed by atoms with van der Waals surface area (Å²) in [6, 6.07) is 6.86. The Hall–Kier alpha value is -1.68. The van der Waals surface area contributed by atoms with Crippen molar-refractivity contribution >= 4 is 11.8 Å². The minimum atomic E-state index is -0.207. The second-order valence-electron chi connectivity index (χ2n) is 4.77. The lowest BCUT2D eigenvalue weighted by Gasteiger charge is -2.18. The summed E-state index contributed by atoms with van der Waals surface area (Å²) in [6.07, 6.45) is 2.23. The molecule has 1 atom stereocenters. The van der Waals surface area contributed by atoms with E-state index in [-0.39, 0.29) is 17.9 Å². The second kappa shape index (κ2) is 3.67. The van der Waals surface area contributed by atoms with Crippen LogP contribution in [0.25, 0.3) is 0 Å². The van der Waals surface area contributed by atoms with Crippen LogP contribution >= 0.6 is 0 Å². The zero-order valence-electron chi connectivity index (χ0n) is 9.43. The Labute approximate surface area is 99.4 Å². The van der Waals surface area contributed by atoms with E-state index in [1.54, 1.807) is 24.3 Å². The molecule has 2 amide bonds. The fraction of sp³-hybridized carbons (Fsp3) is 0.385. The van der Waals surface area contributed by atoms with Gasteiger partial charge >= 0.3 is 0 Å². The van der Waals surface area contributed by atoms with E-state index in [9.17, 15) is 9.59 Å². The minimum Gasteiger partial charge on any atom is -0.326 e. The lowest BCUT2D eigenvalue weighted by atomic mass is 10.1. The molecule has 2 aliphatic rings. The number of imide groups is 1. The van der Waals surface area contributed by atoms with Crippen LogP contribution < -0.4 is 5.73 Å². The molecular formula is C13H14N2O2. The molecule has 0 unspecified atom stereocenters. The molecule has 88 valence electrons. The number of hydrogen-bond donors (Lipinski definition) is 1. The Kier molecular flexibility index (Phi) is 2.26. The first-order valence-corrected chi connectivity index (χ1v) is 5.89. The first kappa shape index (κ1) is 10.5. The van der Waals surface area contributed by atoms with Crippen molar-refractivity contribution in [3.8, 4) is 0 Å².